The molecule has 1 heterocycles. The van der Waals surface area contributed by atoms with E-state index in [-0.39, 0.29) is 6.09 Å². The number of amides is 1. The summed E-state index contributed by atoms with van der Waals surface area (Å²) < 4.78 is 11.6. The molecular weight excluding hydrogens is 314 g/mol. The van der Waals surface area contributed by atoms with E-state index in [1.54, 1.807) is 11.9 Å². The van der Waals surface area contributed by atoms with Crippen molar-refractivity contribution in [2.24, 2.45) is 0 Å². The van der Waals surface area contributed by atoms with Gasteiger partial charge in [-0.3, -0.25) is 0 Å². The number of benzene rings is 2. The molecular formula is C21H23NO3. The Morgan fingerprint density at radius 1 is 1.24 bits per heavy atom. The van der Waals surface area contributed by atoms with Crippen LogP contribution in [-0.2, 0) is 30.5 Å². The van der Waals surface area contributed by atoms with Gasteiger partial charge in [0, 0.05) is 19.2 Å². The fourth-order valence-corrected chi connectivity index (χ4v) is 3.88. The lowest BCUT2D eigenvalue weighted by atomic mass is 9.99. The normalized spacial score (nSPS) is 17.6. The van der Waals surface area contributed by atoms with E-state index in [1.165, 1.54) is 28.7 Å². The van der Waals surface area contributed by atoms with Gasteiger partial charge in [-0.25, -0.2) is 4.79 Å². The zero-order valence-electron chi connectivity index (χ0n) is 14.7. The van der Waals surface area contributed by atoms with Crippen molar-refractivity contribution in [2.45, 2.75) is 45.4 Å². The van der Waals surface area contributed by atoms with Crippen molar-refractivity contribution in [1.29, 1.82) is 0 Å². The zero-order chi connectivity index (χ0) is 17.4. The molecule has 0 fully saturated rings. The third kappa shape index (κ3) is 3.09. The summed E-state index contributed by atoms with van der Waals surface area (Å²) >= 11 is 0. The molecule has 0 N–H and O–H groups in total. The number of fused-ring (bicyclic) bond motifs is 3. The van der Waals surface area contributed by atoms with Crippen LogP contribution in [0.5, 0.6) is 5.75 Å². The minimum absolute atomic E-state index is 0.352. The molecule has 0 spiro atoms. The molecule has 0 saturated heterocycles. The van der Waals surface area contributed by atoms with Gasteiger partial charge in [0.2, 0.25) is 6.29 Å². The van der Waals surface area contributed by atoms with Gasteiger partial charge in [-0.1, -0.05) is 36.4 Å². The molecule has 130 valence electrons. The molecule has 0 aromatic heterocycles. The second-order valence-electron chi connectivity index (χ2n) is 6.97. The van der Waals surface area contributed by atoms with Gasteiger partial charge in [-0.2, -0.15) is 0 Å². The number of ether oxygens (including phenoxy) is 2. The first-order valence-electron chi connectivity index (χ1n) is 8.88. The Labute approximate surface area is 148 Å². The molecule has 0 radical (unpaired) electrons. The molecule has 1 amide bonds. The van der Waals surface area contributed by atoms with E-state index in [1.807, 2.05) is 30.3 Å². The molecule has 4 heteroatoms. The van der Waals surface area contributed by atoms with Crippen LogP contribution >= 0.6 is 0 Å². The predicted octanol–water partition coefficient (Wildman–Crippen LogP) is 4.01. The topological polar surface area (TPSA) is 38.8 Å². The first-order chi connectivity index (χ1) is 12.1. The molecule has 1 aliphatic carbocycles. The van der Waals surface area contributed by atoms with Crippen molar-refractivity contribution in [3.05, 3.63) is 64.2 Å². The van der Waals surface area contributed by atoms with E-state index in [0.717, 1.165) is 24.2 Å². The summed E-state index contributed by atoms with van der Waals surface area (Å²) in [4.78, 5) is 14.0. The number of hydrogen-bond donors (Lipinski definition) is 0. The minimum Gasteiger partial charge on any atom is -0.454 e. The van der Waals surface area contributed by atoms with Crippen molar-refractivity contribution < 1.29 is 14.3 Å². The van der Waals surface area contributed by atoms with Crippen molar-refractivity contribution in [2.75, 3.05) is 7.05 Å². The lowest BCUT2D eigenvalue weighted by Crippen LogP contribution is -2.32. The van der Waals surface area contributed by atoms with Crippen molar-refractivity contribution in [3.63, 3.8) is 0 Å². The first kappa shape index (κ1) is 16.0. The Morgan fingerprint density at radius 2 is 2.00 bits per heavy atom. The van der Waals surface area contributed by atoms with Crippen LogP contribution in [0.4, 0.5) is 4.79 Å². The van der Waals surface area contributed by atoms with Crippen LogP contribution in [0.3, 0.4) is 0 Å². The maximum Gasteiger partial charge on any atom is 0.412 e. The van der Waals surface area contributed by atoms with E-state index in [4.69, 9.17) is 9.47 Å². The Kier molecular flexibility index (Phi) is 4.12. The van der Waals surface area contributed by atoms with E-state index < -0.39 is 6.29 Å². The van der Waals surface area contributed by atoms with Gasteiger partial charge in [0.05, 0.1) is 6.42 Å². The van der Waals surface area contributed by atoms with Gasteiger partial charge in [-0.05, 0) is 48.4 Å². The third-order valence-electron chi connectivity index (χ3n) is 5.09. The lowest BCUT2D eigenvalue weighted by molar-refractivity contribution is -0.0307. The van der Waals surface area contributed by atoms with E-state index in [9.17, 15) is 4.79 Å². The number of carbonyl (C=O) groups is 1. The summed E-state index contributed by atoms with van der Waals surface area (Å²) in [5, 5.41) is 0. The van der Waals surface area contributed by atoms with Crippen LogP contribution in [-0.4, -0.2) is 24.3 Å². The second kappa shape index (κ2) is 6.43. The van der Waals surface area contributed by atoms with Crippen LogP contribution in [0, 0.1) is 6.92 Å². The highest BCUT2D eigenvalue weighted by Gasteiger charge is 2.32. The third-order valence-corrected chi connectivity index (χ3v) is 5.09. The number of carbonyl (C=O) groups excluding carboxylic acids is 1. The Morgan fingerprint density at radius 3 is 2.80 bits per heavy atom. The van der Waals surface area contributed by atoms with Crippen LogP contribution < -0.4 is 4.74 Å². The first-order valence-corrected chi connectivity index (χ1v) is 8.88. The Balaban J connectivity index is 1.42. The molecule has 0 bridgehead atoms. The minimum atomic E-state index is -0.521. The van der Waals surface area contributed by atoms with Crippen LogP contribution in [0.15, 0.2) is 36.4 Å². The Bertz CT molecular complexity index is 801. The van der Waals surface area contributed by atoms with Crippen LogP contribution in [0.1, 0.15) is 34.2 Å². The van der Waals surface area contributed by atoms with E-state index in [2.05, 4.69) is 13.0 Å². The van der Waals surface area contributed by atoms with E-state index in [0.29, 0.717) is 13.0 Å². The molecule has 2 aliphatic rings. The largest absolute Gasteiger partial charge is 0.454 e. The monoisotopic (exact) mass is 337 g/mol. The number of rotatable bonds is 3. The highest BCUT2D eigenvalue weighted by atomic mass is 16.7. The summed E-state index contributed by atoms with van der Waals surface area (Å²) in [6.07, 6.45) is 3.13. The summed E-state index contributed by atoms with van der Waals surface area (Å²) in [5.74, 6) is 0.960. The number of nitrogens with zero attached hydrogens (tertiary/aromatic N) is 1. The predicted molar refractivity (Wildman–Crippen MR) is 95.7 cm³/mol. The average Bonchev–Trinajstić information content (AvgIpc) is 3.22. The summed E-state index contributed by atoms with van der Waals surface area (Å²) in [5.41, 5.74) is 6.33. The quantitative estimate of drug-likeness (QED) is 0.849. The molecule has 1 aliphatic heterocycles. The molecule has 4 rings (SSSR count). The number of hydrogen-bond acceptors (Lipinski definition) is 3. The molecule has 1 unspecified atom stereocenters. The van der Waals surface area contributed by atoms with Gasteiger partial charge >= 0.3 is 6.09 Å². The highest BCUT2D eigenvalue weighted by molar-refractivity contribution is 5.67. The number of aryl methyl sites for hydroxylation is 1. The second-order valence-corrected chi connectivity index (χ2v) is 6.97. The van der Waals surface area contributed by atoms with E-state index >= 15 is 0 Å². The molecule has 2 aromatic carbocycles. The molecule has 0 saturated carbocycles. The maximum atomic E-state index is 12.4. The molecule has 25 heavy (non-hydrogen) atoms. The van der Waals surface area contributed by atoms with Crippen molar-refractivity contribution in [3.8, 4) is 5.75 Å². The van der Waals surface area contributed by atoms with Gasteiger partial charge in [-0.15, -0.1) is 0 Å². The molecule has 4 nitrogen and oxygen atoms in total. The lowest BCUT2D eigenvalue weighted by Gasteiger charge is -2.20. The summed E-state index contributed by atoms with van der Waals surface area (Å²) in [6, 6.07) is 12.1. The smallest absolute Gasteiger partial charge is 0.412 e. The summed E-state index contributed by atoms with van der Waals surface area (Å²) in [7, 11) is 1.75. The summed E-state index contributed by atoms with van der Waals surface area (Å²) in [6.45, 7) is 2.69. The molecule has 1 atom stereocenters. The van der Waals surface area contributed by atoms with Gasteiger partial charge in [0.1, 0.15) is 5.75 Å². The maximum absolute atomic E-state index is 12.4. The fourth-order valence-electron chi connectivity index (χ4n) is 3.88. The van der Waals surface area contributed by atoms with Crippen LogP contribution in [0.2, 0.25) is 0 Å². The van der Waals surface area contributed by atoms with Gasteiger partial charge in [0.25, 0.3) is 0 Å². The fraction of sp³-hybridized carbons (Fsp3) is 0.381. The standard InChI is InChI=1S/C21H23NO3/c1-14-11-16-12-19(24-20(16)18-10-6-9-17(14)18)25-21(23)22(2)13-15-7-4-3-5-8-15/h3-5,7-8,11,19H,6,9-10,12-13H2,1-2H3. The van der Waals surface area contributed by atoms with Gasteiger partial charge < -0.3 is 14.4 Å². The van der Waals surface area contributed by atoms with Crippen molar-refractivity contribution in [1.82, 2.24) is 4.90 Å². The Hall–Kier alpha value is -2.49. The highest BCUT2D eigenvalue weighted by Crippen LogP contribution is 2.41. The molecule has 2 aromatic rings. The van der Waals surface area contributed by atoms with Gasteiger partial charge in [0.15, 0.2) is 0 Å². The average molecular weight is 337 g/mol. The van der Waals surface area contributed by atoms with Crippen molar-refractivity contribution >= 4 is 6.09 Å². The SMILES string of the molecule is Cc1cc2c(c3c1CCC3)OC(OC(=O)N(C)Cc1ccccc1)C2. The zero-order valence-corrected chi connectivity index (χ0v) is 14.7. The van der Waals surface area contributed by atoms with Crippen LogP contribution in [0.25, 0.3) is 0 Å².